The van der Waals surface area contributed by atoms with Gasteiger partial charge in [0.2, 0.25) is 0 Å². The molecule has 14 heavy (non-hydrogen) atoms. The number of nitriles is 1. The Morgan fingerprint density at radius 2 is 1.64 bits per heavy atom. The Kier molecular flexibility index (Phi) is 2.76. The first kappa shape index (κ1) is 9.95. The van der Waals surface area contributed by atoms with Crippen molar-refractivity contribution < 1.29 is 9.47 Å². The molecule has 0 aromatic carbocycles. The van der Waals surface area contributed by atoms with Crippen molar-refractivity contribution in [1.82, 2.24) is 0 Å². The molecular formula is C11H17NO2. The first-order valence-electron chi connectivity index (χ1n) is 5.42. The molecule has 0 bridgehead atoms. The minimum atomic E-state index is -0.437. The summed E-state index contributed by atoms with van der Waals surface area (Å²) >= 11 is 0. The Balaban J connectivity index is 2.11. The molecule has 0 radical (unpaired) electrons. The Labute approximate surface area is 85.0 Å². The fourth-order valence-corrected chi connectivity index (χ4v) is 2.45. The van der Waals surface area contributed by atoms with E-state index in [1.807, 2.05) is 6.92 Å². The lowest BCUT2D eigenvalue weighted by Crippen LogP contribution is -2.41. The third kappa shape index (κ3) is 1.53. The van der Waals surface area contributed by atoms with E-state index in [1.54, 1.807) is 0 Å². The number of hydrogen-bond donors (Lipinski definition) is 0. The molecule has 0 aromatic heterocycles. The van der Waals surface area contributed by atoms with Crippen molar-refractivity contribution in [2.75, 3.05) is 13.2 Å². The van der Waals surface area contributed by atoms with E-state index in [2.05, 4.69) is 6.07 Å². The molecule has 2 aliphatic heterocycles. The van der Waals surface area contributed by atoms with E-state index in [0.717, 1.165) is 38.9 Å². The van der Waals surface area contributed by atoms with Crippen molar-refractivity contribution in [3.8, 4) is 6.07 Å². The zero-order valence-corrected chi connectivity index (χ0v) is 8.66. The van der Waals surface area contributed by atoms with Gasteiger partial charge >= 0.3 is 0 Å². The van der Waals surface area contributed by atoms with Crippen molar-refractivity contribution >= 4 is 0 Å². The van der Waals surface area contributed by atoms with Crippen LogP contribution in [0.1, 0.15) is 32.6 Å². The molecule has 0 amide bonds. The van der Waals surface area contributed by atoms with E-state index in [1.165, 1.54) is 0 Å². The van der Waals surface area contributed by atoms with Crippen LogP contribution in [0.25, 0.3) is 0 Å². The van der Waals surface area contributed by atoms with Gasteiger partial charge in [0, 0.05) is 13.2 Å². The molecule has 0 N–H and O–H groups in total. The van der Waals surface area contributed by atoms with Gasteiger partial charge in [0.1, 0.15) is 5.41 Å². The van der Waals surface area contributed by atoms with Crippen LogP contribution < -0.4 is 0 Å². The summed E-state index contributed by atoms with van der Waals surface area (Å²) in [6.45, 7) is 3.59. The van der Waals surface area contributed by atoms with Crippen LogP contribution in [-0.2, 0) is 9.47 Å². The summed E-state index contributed by atoms with van der Waals surface area (Å²) in [7, 11) is 0. The largest absolute Gasteiger partial charge is 0.376 e. The maximum absolute atomic E-state index is 9.30. The van der Waals surface area contributed by atoms with Gasteiger partial charge in [-0.2, -0.15) is 5.26 Å². The first-order chi connectivity index (χ1) is 6.77. The lowest BCUT2D eigenvalue weighted by molar-refractivity contribution is -0.0474. The van der Waals surface area contributed by atoms with Crippen LogP contribution in [0.5, 0.6) is 0 Å². The molecule has 0 aliphatic carbocycles. The zero-order chi connectivity index (χ0) is 10.0. The molecule has 2 heterocycles. The van der Waals surface area contributed by atoms with Gasteiger partial charge < -0.3 is 9.47 Å². The molecule has 2 aliphatic rings. The third-order valence-electron chi connectivity index (χ3n) is 3.44. The smallest absolute Gasteiger partial charge is 0.107 e. The highest BCUT2D eigenvalue weighted by Gasteiger charge is 2.46. The highest BCUT2D eigenvalue weighted by Crippen LogP contribution is 2.39. The molecular weight excluding hydrogens is 178 g/mol. The monoisotopic (exact) mass is 195 g/mol. The second-order valence-corrected chi connectivity index (χ2v) is 4.40. The fraction of sp³-hybridized carbons (Fsp3) is 0.909. The number of rotatable bonds is 2. The molecule has 2 unspecified atom stereocenters. The zero-order valence-electron chi connectivity index (χ0n) is 8.66. The maximum Gasteiger partial charge on any atom is 0.107 e. The average molecular weight is 195 g/mol. The normalized spacial score (nSPS) is 36.6. The molecule has 0 aromatic rings. The van der Waals surface area contributed by atoms with Crippen molar-refractivity contribution in [2.45, 2.75) is 44.8 Å². The Bertz CT molecular complexity index is 218. The van der Waals surface area contributed by atoms with Crippen LogP contribution in [0.2, 0.25) is 0 Å². The van der Waals surface area contributed by atoms with Crippen molar-refractivity contribution in [2.24, 2.45) is 5.41 Å². The molecule has 78 valence electrons. The summed E-state index contributed by atoms with van der Waals surface area (Å²) in [5, 5.41) is 9.30. The predicted molar refractivity (Wildman–Crippen MR) is 51.7 cm³/mol. The first-order valence-corrected chi connectivity index (χ1v) is 5.42. The van der Waals surface area contributed by atoms with Crippen LogP contribution >= 0.6 is 0 Å². The van der Waals surface area contributed by atoms with Crippen LogP contribution in [0.3, 0.4) is 0 Å². The van der Waals surface area contributed by atoms with Gasteiger partial charge in [-0.15, -0.1) is 0 Å². The standard InChI is InChI=1S/C11H17NO2/c1-11(8-12,9-4-2-6-13-9)10-5-3-7-14-10/h9-10H,2-7H2,1H3. The van der Waals surface area contributed by atoms with Crippen molar-refractivity contribution in [1.29, 1.82) is 5.26 Å². The van der Waals surface area contributed by atoms with E-state index in [-0.39, 0.29) is 12.2 Å². The SMILES string of the molecule is CC(C#N)(C1CCCO1)C1CCCO1. The Morgan fingerprint density at radius 1 is 1.14 bits per heavy atom. The van der Waals surface area contributed by atoms with E-state index in [4.69, 9.17) is 9.47 Å². The lowest BCUT2D eigenvalue weighted by atomic mass is 9.78. The molecule has 3 heteroatoms. The van der Waals surface area contributed by atoms with E-state index in [0.29, 0.717) is 0 Å². The summed E-state index contributed by atoms with van der Waals surface area (Å²) in [5.41, 5.74) is -0.437. The van der Waals surface area contributed by atoms with Crippen molar-refractivity contribution in [3.05, 3.63) is 0 Å². The number of nitrogens with zero attached hydrogens (tertiary/aromatic N) is 1. The molecule has 2 saturated heterocycles. The second kappa shape index (κ2) is 3.88. The van der Waals surface area contributed by atoms with Crippen LogP contribution in [0.15, 0.2) is 0 Å². The van der Waals surface area contributed by atoms with Gasteiger partial charge in [-0.05, 0) is 32.6 Å². The highest BCUT2D eigenvalue weighted by atomic mass is 16.5. The maximum atomic E-state index is 9.30. The van der Waals surface area contributed by atoms with Gasteiger partial charge in [-0.1, -0.05) is 0 Å². The summed E-state index contributed by atoms with van der Waals surface area (Å²) in [6, 6.07) is 2.41. The number of hydrogen-bond acceptors (Lipinski definition) is 3. The third-order valence-corrected chi connectivity index (χ3v) is 3.44. The van der Waals surface area contributed by atoms with Gasteiger partial charge in [0.15, 0.2) is 0 Å². The summed E-state index contributed by atoms with van der Waals surface area (Å²) in [5.74, 6) is 0. The topological polar surface area (TPSA) is 42.2 Å². The lowest BCUT2D eigenvalue weighted by Gasteiger charge is -2.32. The highest BCUT2D eigenvalue weighted by molar-refractivity contribution is 5.08. The van der Waals surface area contributed by atoms with E-state index < -0.39 is 5.41 Å². The van der Waals surface area contributed by atoms with Crippen LogP contribution in [0, 0.1) is 16.7 Å². The summed E-state index contributed by atoms with van der Waals surface area (Å²) in [6.07, 6.45) is 4.32. The second-order valence-electron chi connectivity index (χ2n) is 4.40. The van der Waals surface area contributed by atoms with Gasteiger partial charge in [-0.25, -0.2) is 0 Å². The molecule has 3 nitrogen and oxygen atoms in total. The fourth-order valence-electron chi connectivity index (χ4n) is 2.45. The summed E-state index contributed by atoms with van der Waals surface area (Å²) in [4.78, 5) is 0. The predicted octanol–water partition coefficient (Wildman–Crippen LogP) is 1.87. The molecule has 2 fully saturated rings. The summed E-state index contributed by atoms with van der Waals surface area (Å²) < 4.78 is 11.2. The van der Waals surface area contributed by atoms with Gasteiger partial charge in [0.05, 0.1) is 18.3 Å². The van der Waals surface area contributed by atoms with E-state index in [9.17, 15) is 5.26 Å². The quantitative estimate of drug-likeness (QED) is 0.675. The van der Waals surface area contributed by atoms with E-state index >= 15 is 0 Å². The number of ether oxygens (including phenoxy) is 2. The van der Waals surface area contributed by atoms with Gasteiger partial charge in [-0.3, -0.25) is 0 Å². The Hall–Kier alpha value is -0.590. The average Bonchev–Trinajstić information content (AvgIpc) is 2.88. The molecule has 2 atom stereocenters. The Morgan fingerprint density at radius 3 is 1.93 bits per heavy atom. The minimum Gasteiger partial charge on any atom is -0.376 e. The molecule has 0 saturated carbocycles. The van der Waals surface area contributed by atoms with Crippen LogP contribution in [-0.4, -0.2) is 25.4 Å². The molecule has 0 spiro atoms. The van der Waals surface area contributed by atoms with Crippen LogP contribution in [0.4, 0.5) is 0 Å². The van der Waals surface area contributed by atoms with Crippen molar-refractivity contribution in [3.63, 3.8) is 0 Å². The minimum absolute atomic E-state index is 0.0793. The molecule has 2 rings (SSSR count). The van der Waals surface area contributed by atoms with Gasteiger partial charge in [0.25, 0.3) is 0 Å².